The van der Waals surface area contributed by atoms with E-state index in [2.05, 4.69) is 54.6 Å². The standard InChI is InChI=1S/C26H26ClNO/c1-19(27)26(29)28(18-23-5-3-2-4-6-23)25-17-22-12-11-20-7-9-21(10-8-20)13-15-24(25)16-14-22/h2-10,14,16-17,19H,11-13,15,18H2,1H3. The number of alkyl halides is 1. The van der Waals surface area contributed by atoms with Crippen LogP contribution in [0, 0.1) is 0 Å². The Hall–Kier alpha value is -2.58. The van der Waals surface area contributed by atoms with E-state index in [0.29, 0.717) is 6.54 Å². The first-order chi connectivity index (χ1) is 14.1. The van der Waals surface area contributed by atoms with Gasteiger partial charge in [-0.3, -0.25) is 4.79 Å². The number of rotatable bonds is 4. The average Bonchev–Trinajstić information content (AvgIpc) is 2.74. The lowest BCUT2D eigenvalue weighted by atomic mass is 9.95. The maximum absolute atomic E-state index is 13.1. The fraction of sp³-hybridized carbons (Fsp3) is 0.269. The van der Waals surface area contributed by atoms with Crippen LogP contribution in [0.2, 0.25) is 0 Å². The summed E-state index contributed by atoms with van der Waals surface area (Å²) >= 11 is 6.26. The molecule has 1 amide bonds. The molecule has 0 saturated heterocycles. The second kappa shape index (κ2) is 8.84. The zero-order valence-electron chi connectivity index (χ0n) is 16.8. The van der Waals surface area contributed by atoms with Crippen LogP contribution in [-0.2, 0) is 37.0 Å². The number of carbonyl (C=O) groups excluding carboxylic acids is 1. The SMILES string of the molecule is CC(Cl)C(=O)N(Cc1ccccc1)c1cc2ccc1CCc1ccc(cc1)CC2. The first-order valence-electron chi connectivity index (χ1n) is 10.3. The first-order valence-corrected chi connectivity index (χ1v) is 10.7. The molecule has 0 saturated carbocycles. The topological polar surface area (TPSA) is 20.3 Å². The summed E-state index contributed by atoms with van der Waals surface area (Å²) in [4.78, 5) is 15.0. The number of hydrogen-bond donors (Lipinski definition) is 0. The average molecular weight is 404 g/mol. The number of hydrogen-bond acceptors (Lipinski definition) is 1. The van der Waals surface area contributed by atoms with E-state index in [1.165, 1.54) is 22.3 Å². The summed E-state index contributed by atoms with van der Waals surface area (Å²) in [5.41, 5.74) is 7.23. The fourth-order valence-corrected chi connectivity index (χ4v) is 4.05. The molecule has 0 N–H and O–H groups in total. The van der Waals surface area contributed by atoms with E-state index < -0.39 is 5.38 Å². The Morgan fingerprint density at radius 2 is 1.45 bits per heavy atom. The third kappa shape index (κ3) is 4.71. The molecule has 0 fully saturated rings. The molecule has 4 aliphatic rings. The van der Waals surface area contributed by atoms with Gasteiger partial charge in [-0.1, -0.05) is 66.7 Å². The number of carbonyl (C=O) groups is 1. The van der Waals surface area contributed by atoms with E-state index in [-0.39, 0.29) is 5.91 Å². The lowest BCUT2D eigenvalue weighted by molar-refractivity contribution is -0.118. The van der Waals surface area contributed by atoms with Crippen LogP contribution in [0.5, 0.6) is 0 Å². The van der Waals surface area contributed by atoms with Gasteiger partial charge in [-0.05, 0) is 66.5 Å². The lowest BCUT2D eigenvalue weighted by Gasteiger charge is -2.27. The van der Waals surface area contributed by atoms with Crippen LogP contribution in [-0.4, -0.2) is 11.3 Å². The number of aryl methyl sites for hydroxylation is 4. The maximum atomic E-state index is 13.1. The monoisotopic (exact) mass is 403 g/mol. The number of anilines is 1. The quantitative estimate of drug-likeness (QED) is 0.509. The van der Waals surface area contributed by atoms with Crippen LogP contribution < -0.4 is 4.90 Å². The van der Waals surface area contributed by atoms with Crippen molar-refractivity contribution in [3.05, 3.63) is 101 Å². The Morgan fingerprint density at radius 3 is 2.10 bits per heavy atom. The second-order valence-electron chi connectivity index (χ2n) is 7.81. The third-order valence-corrected chi connectivity index (χ3v) is 5.83. The molecule has 3 aromatic rings. The molecule has 0 radical (unpaired) electrons. The Bertz CT molecular complexity index is 979. The van der Waals surface area contributed by atoms with E-state index in [1.807, 2.05) is 23.1 Å². The number of amides is 1. The van der Waals surface area contributed by atoms with Crippen LogP contribution in [0.25, 0.3) is 0 Å². The van der Waals surface area contributed by atoms with Crippen molar-refractivity contribution < 1.29 is 4.79 Å². The molecular weight excluding hydrogens is 378 g/mol. The highest BCUT2D eigenvalue weighted by molar-refractivity contribution is 6.32. The molecule has 148 valence electrons. The summed E-state index contributed by atoms with van der Waals surface area (Å²) in [6.45, 7) is 2.28. The lowest BCUT2D eigenvalue weighted by Crippen LogP contribution is -2.36. The van der Waals surface area contributed by atoms with Crippen molar-refractivity contribution in [2.45, 2.75) is 44.5 Å². The number of nitrogens with zero attached hydrogens (tertiary/aromatic N) is 1. The molecule has 0 aliphatic heterocycles. The van der Waals surface area contributed by atoms with Crippen molar-refractivity contribution >= 4 is 23.2 Å². The number of halogens is 1. The second-order valence-corrected chi connectivity index (χ2v) is 8.46. The van der Waals surface area contributed by atoms with Gasteiger partial charge in [0.1, 0.15) is 5.38 Å². The van der Waals surface area contributed by atoms with Crippen molar-refractivity contribution in [3.63, 3.8) is 0 Å². The molecule has 1 atom stereocenters. The zero-order chi connectivity index (χ0) is 20.2. The van der Waals surface area contributed by atoms with E-state index in [9.17, 15) is 4.79 Å². The van der Waals surface area contributed by atoms with Crippen molar-refractivity contribution in [1.82, 2.24) is 0 Å². The third-order valence-electron chi connectivity index (χ3n) is 5.64. The molecular formula is C26H26ClNO. The van der Waals surface area contributed by atoms with E-state index in [0.717, 1.165) is 36.9 Å². The maximum Gasteiger partial charge on any atom is 0.245 e. The largest absolute Gasteiger partial charge is 0.306 e. The predicted molar refractivity (Wildman–Crippen MR) is 121 cm³/mol. The molecule has 29 heavy (non-hydrogen) atoms. The molecule has 3 heteroatoms. The van der Waals surface area contributed by atoms with Crippen LogP contribution in [0.15, 0.2) is 72.8 Å². The molecule has 4 aliphatic carbocycles. The van der Waals surface area contributed by atoms with Gasteiger partial charge in [-0.15, -0.1) is 11.6 Å². The van der Waals surface area contributed by atoms with Crippen molar-refractivity contribution in [2.75, 3.05) is 4.90 Å². The summed E-state index contributed by atoms with van der Waals surface area (Å²) in [7, 11) is 0. The first kappa shape index (κ1) is 19.7. The van der Waals surface area contributed by atoms with Gasteiger partial charge < -0.3 is 4.90 Å². The van der Waals surface area contributed by atoms with Crippen LogP contribution in [0.3, 0.4) is 0 Å². The molecule has 3 aromatic carbocycles. The molecule has 4 bridgehead atoms. The van der Waals surface area contributed by atoms with Crippen LogP contribution in [0.1, 0.15) is 34.7 Å². The van der Waals surface area contributed by atoms with Gasteiger partial charge in [-0.25, -0.2) is 0 Å². The molecule has 0 heterocycles. The van der Waals surface area contributed by atoms with Gasteiger partial charge in [0.05, 0.1) is 6.54 Å². The highest BCUT2D eigenvalue weighted by atomic mass is 35.5. The van der Waals surface area contributed by atoms with E-state index in [4.69, 9.17) is 11.6 Å². The Labute approximate surface area is 178 Å². The summed E-state index contributed by atoms with van der Waals surface area (Å²) < 4.78 is 0. The molecule has 0 aromatic heterocycles. The Morgan fingerprint density at radius 1 is 0.862 bits per heavy atom. The van der Waals surface area contributed by atoms with Gasteiger partial charge >= 0.3 is 0 Å². The predicted octanol–water partition coefficient (Wildman–Crippen LogP) is 5.73. The van der Waals surface area contributed by atoms with Crippen molar-refractivity contribution in [2.24, 2.45) is 0 Å². The van der Waals surface area contributed by atoms with Gasteiger partial charge in [-0.2, -0.15) is 0 Å². The van der Waals surface area contributed by atoms with Gasteiger partial charge in [0.2, 0.25) is 5.91 Å². The fourth-order valence-electron chi connectivity index (χ4n) is 3.93. The molecule has 7 rings (SSSR count). The Kier molecular flexibility index (Phi) is 6.01. The van der Waals surface area contributed by atoms with Crippen molar-refractivity contribution in [1.29, 1.82) is 0 Å². The van der Waals surface area contributed by atoms with E-state index >= 15 is 0 Å². The highest BCUT2D eigenvalue weighted by Crippen LogP contribution is 2.28. The highest BCUT2D eigenvalue weighted by Gasteiger charge is 2.23. The van der Waals surface area contributed by atoms with Crippen molar-refractivity contribution in [3.8, 4) is 0 Å². The number of benzene rings is 3. The molecule has 2 nitrogen and oxygen atoms in total. The summed E-state index contributed by atoms with van der Waals surface area (Å²) in [6.07, 6.45) is 3.80. The minimum absolute atomic E-state index is 0.0515. The normalized spacial score (nSPS) is 14.1. The zero-order valence-corrected chi connectivity index (χ0v) is 17.5. The van der Waals surface area contributed by atoms with Gasteiger partial charge in [0.25, 0.3) is 0 Å². The minimum atomic E-state index is -0.569. The summed E-state index contributed by atoms with van der Waals surface area (Å²) in [5, 5.41) is -0.569. The smallest absolute Gasteiger partial charge is 0.245 e. The Balaban J connectivity index is 1.74. The van der Waals surface area contributed by atoms with E-state index in [1.54, 1.807) is 6.92 Å². The van der Waals surface area contributed by atoms with Crippen LogP contribution >= 0.6 is 11.6 Å². The van der Waals surface area contributed by atoms with Gasteiger partial charge in [0.15, 0.2) is 0 Å². The van der Waals surface area contributed by atoms with Gasteiger partial charge in [0, 0.05) is 5.69 Å². The molecule has 1 unspecified atom stereocenters. The summed E-state index contributed by atoms with van der Waals surface area (Å²) in [5.74, 6) is -0.0515. The molecule has 0 spiro atoms. The summed E-state index contributed by atoms with van der Waals surface area (Å²) in [6, 6.07) is 25.7. The minimum Gasteiger partial charge on any atom is -0.306 e. The van der Waals surface area contributed by atoms with Crippen LogP contribution in [0.4, 0.5) is 5.69 Å².